The lowest BCUT2D eigenvalue weighted by Gasteiger charge is -2.19. The van der Waals surface area contributed by atoms with Crippen LogP contribution in [0, 0.1) is 0 Å². The molecule has 1 aliphatic rings. The number of hydrazone groups is 1. The van der Waals surface area contributed by atoms with Crippen LogP contribution in [0.3, 0.4) is 0 Å². The Hall–Kier alpha value is -3.08. The standard InChI is InChI=1S/C18H14N2O3/c21-18(13-6-2-1-3-7-13)20-15(17-9-5-11-23-17)12-14(19-20)16-8-4-10-22-16/h1-11,15H,12H2. The van der Waals surface area contributed by atoms with Crippen molar-refractivity contribution >= 4 is 11.6 Å². The van der Waals surface area contributed by atoms with E-state index in [1.807, 2.05) is 36.4 Å². The van der Waals surface area contributed by atoms with Crippen molar-refractivity contribution in [2.45, 2.75) is 12.5 Å². The number of hydrogen-bond acceptors (Lipinski definition) is 4. The van der Waals surface area contributed by atoms with Crippen LogP contribution in [0.4, 0.5) is 0 Å². The van der Waals surface area contributed by atoms with E-state index in [0.717, 1.165) is 5.71 Å². The zero-order valence-electron chi connectivity index (χ0n) is 12.3. The molecule has 4 rings (SSSR count). The molecule has 23 heavy (non-hydrogen) atoms. The van der Waals surface area contributed by atoms with Crippen molar-refractivity contribution in [3.05, 3.63) is 84.2 Å². The first-order chi connectivity index (χ1) is 11.3. The topological polar surface area (TPSA) is 59.0 Å². The summed E-state index contributed by atoms with van der Waals surface area (Å²) in [7, 11) is 0. The van der Waals surface area contributed by atoms with Crippen molar-refractivity contribution in [3.63, 3.8) is 0 Å². The Labute approximate surface area is 132 Å². The average Bonchev–Trinajstić information content (AvgIpc) is 3.34. The minimum Gasteiger partial charge on any atom is -0.467 e. The molecule has 0 N–H and O–H groups in total. The fourth-order valence-electron chi connectivity index (χ4n) is 2.70. The molecule has 3 aromatic rings. The van der Waals surface area contributed by atoms with E-state index in [1.165, 1.54) is 5.01 Å². The molecular formula is C18H14N2O3. The lowest BCUT2D eigenvalue weighted by atomic mass is 10.1. The maximum Gasteiger partial charge on any atom is 0.274 e. The van der Waals surface area contributed by atoms with Crippen LogP contribution >= 0.6 is 0 Å². The molecule has 0 saturated carbocycles. The SMILES string of the molecule is O=C(c1ccccc1)N1N=C(c2ccco2)CC1c1ccco1. The summed E-state index contributed by atoms with van der Waals surface area (Å²) in [6, 6.07) is 16.2. The highest BCUT2D eigenvalue weighted by atomic mass is 16.3. The van der Waals surface area contributed by atoms with E-state index in [1.54, 1.807) is 30.7 Å². The number of carbonyl (C=O) groups is 1. The largest absolute Gasteiger partial charge is 0.467 e. The average molecular weight is 306 g/mol. The van der Waals surface area contributed by atoms with Crippen LogP contribution in [0.5, 0.6) is 0 Å². The second kappa shape index (κ2) is 5.61. The van der Waals surface area contributed by atoms with Crippen LogP contribution in [-0.2, 0) is 0 Å². The van der Waals surface area contributed by atoms with E-state index in [2.05, 4.69) is 5.10 Å². The van der Waals surface area contributed by atoms with Gasteiger partial charge in [0.1, 0.15) is 23.3 Å². The van der Waals surface area contributed by atoms with Crippen LogP contribution in [0.15, 0.2) is 81.1 Å². The van der Waals surface area contributed by atoms with E-state index < -0.39 is 0 Å². The molecule has 1 unspecified atom stereocenters. The summed E-state index contributed by atoms with van der Waals surface area (Å²) in [4.78, 5) is 12.8. The van der Waals surface area contributed by atoms with Crippen LogP contribution in [0.25, 0.3) is 0 Å². The molecule has 3 heterocycles. The number of hydrogen-bond donors (Lipinski definition) is 0. The number of rotatable bonds is 3. The molecular weight excluding hydrogens is 292 g/mol. The normalized spacial score (nSPS) is 17.3. The van der Waals surface area contributed by atoms with Gasteiger partial charge in [-0.25, -0.2) is 5.01 Å². The van der Waals surface area contributed by atoms with E-state index in [0.29, 0.717) is 23.5 Å². The first kappa shape index (κ1) is 13.6. The second-order valence-corrected chi connectivity index (χ2v) is 5.28. The fourth-order valence-corrected chi connectivity index (χ4v) is 2.70. The molecule has 1 atom stereocenters. The minimum absolute atomic E-state index is 0.159. The summed E-state index contributed by atoms with van der Waals surface area (Å²) in [6.07, 6.45) is 3.76. The van der Waals surface area contributed by atoms with Crippen LogP contribution in [-0.4, -0.2) is 16.6 Å². The Morgan fingerprint density at radius 3 is 2.48 bits per heavy atom. The maximum atomic E-state index is 12.8. The Bertz CT molecular complexity index is 821. The van der Waals surface area contributed by atoms with Gasteiger partial charge in [0.15, 0.2) is 0 Å². The quantitative estimate of drug-likeness (QED) is 0.738. The van der Waals surface area contributed by atoms with E-state index in [-0.39, 0.29) is 11.9 Å². The second-order valence-electron chi connectivity index (χ2n) is 5.28. The van der Waals surface area contributed by atoms with Gasteiger partial charge in [-0.1, -0.05) is 18.2 Å². The van der Waals surface area contributed by atoms with Gasteiger partial charge in [-0.05, 0) is 36.4 Å². The number of benzene rings is 1. The zero-order chi connectivity index (χ0) is 15.6. The molecule has 0 bridgehead atoms. The summed E-state index contributed by atoms with van der Waals surface area (Å²) in [6.45, 7) is 0. The smallest absolute Gasteiger partial charge is 0.274 e. The molecule has 1 aliphatic heterocycles. The predicted octanol–water partition coefficient (Wildman–Crippen LogP) is 3.86. The summed E-state index contributed by atoms with van der Waals surface area (Å²) in [5.74, 6) is 1.22. The lowest BCUT2D eigenvalue weighted by Crippen LogP contribution is -2.26. The number of furan rings is 2. The molecule has 1 amide bonds. The van der Waals surface area contributed by atoms with Gasteiger partial charge in [-0.15, -0.1) is 0 Å². The Kier molecular flexibility index (Phi) is 3.31. The third kappa shape index (κ3) is 2.46. The summed E-state index contributed by atoms with van der Waals surface area (Å²) >= 11 is 0. The van der Waals surface area contributed by atoms with Crippen LogP contribution in [0.2, 0.25) is 0 Å². The van der Waals surface area contributed by atoms with E-state index >= 15 is 0 Å². The minimum atomic E-state index is -0.266. The highest BCUT2D eigenvalue weighted by molar-refractivity contribution is 6.03. The van der Waals surface area contributed by atoms with Gasteiger partial charge in [0.05, 0.1) is 12.5 Å². The van der Waals surface area contributed by atoms with Gasteiger partial charge in [0.25, 0.3) is 5.91 Å². The van der Waals surface area contributed by atoms with Crippen molar-refractivity contribution in [3.8, 4) is 0 Å². The van der Waals surface area contributed by atoms with Gasteiger partial charge in [-0.2, -0.15) is 5.10 Å². The van der Waals surface area contributed by atoms with Crippen molar-refractivity contribution in [2.75, 3.05) is 0 Å². The van der Waals surface area contributed by atoms with Gasteiger partial charge < -0.3 is 8.83 Å². The first-order valence-corrected chi connectivity index (χ1v) is 7.36. The molecule has 0 radical (unpaired) electrons. The third-order valence-corrected chi connectivity index (χ3v) is 3.82. The molecule has 0 fully saturated rings. The summed E-state index contributed by atoms with van der Waals surface area (Å²) in [5.41, 5.74) is 1.33. The number of carbonyl (C=O) groups excluding carboxylic acids is 1. The van der Waals surface area contributed by atoms with Crippen LogP contribution < -0.4 is 0 Å². The predicted molar refractivity (Wildman–Crippen MR) is 83.9 cm³/mol. The molecule has 5 nitrogen and oxygen atoms in total. The van der Waals surface area contributed by atoms with Crippen molar-refractivity contribution < 1.29 is 13.6 Å². The lowest BCUT2D eigenvalue weighted by molar-refractivity contribution is 0.0693. The number of nitrogens with zero attached hydrogens (tertiary/aromatic N) is 2. The Balaban J connectivity index is 1.72. The monoisotopic (exact) mass is 306 g/mol. The van der Waals surface area contributed by atoms with E-state index in [9.17, 15) is 4.79 Å². The zero-order valence-corrected chi connectivity index (χ0v) is 12.3. The first-order valence-electron chi connectivity index (χ1n) is 7.36. The van der Waals surface area contributed by atoms with Gasteiger partial charge in [0, 0.05) is 12.0 Å². The highest BCUT2D eigenvalue weighted by Gasteiger charge is 2.36. The molecule has 2 aromatic heterocycles. The van der Waals surface area contributed by atoms with Crippen molar-refractivity contribution in [1.29, 1.82) is 0 Å². The molecule has 0 saturated heterocycles. The van der Waals surface area contributed by atoms with Gasteiger partial charge in [0.2, 0.25) is 0 Å². The van der Waals surface area contributed by atoms with Crippen molar-refractivity contribution in [2.24, 2.45) is 5.10 Å². The molecule has 0 aliphatic carbocycles. The molecule has 5 heteroatoms. The van der Waals surface area contributed by atoms with Crippen LogP contribution in [0.1, 0.15) is 34.3 Å². The Morgan fingerprint density at radius 2 is 1.78 bits per heavy atom. The third-order valence-electron chi connectivity index (χ3n) is 3.82. The Morgan fingerprint density at radius 1 is 1.00 bits per heavy atom. The number of amides is 1. The van der Waals surface area contributed by atoms with Crippen molar-refractivity contribution in [1.82, 2.24) is 5.01 Å². The fraction of sp³-hybridized carbons (Fsp3) is 0.111. The molecule has 0 spiro atoms. The molecule has 114 valence electrons. The van der Waals surface area contributed by atoms with Gasteiger partial charge in [-0.3, -0.25) is 4.79 Å². The van der Waals surface area contributed by atoms with E-state index in [4.69, 9.17) is 8.83 Å². The summed E-state index contributed by atoms with van der Waals surface area (Å²) in [5, 5.41) is 5.97. The highest BCUT2D eigenvalue weighted by Crippen LogP contribution is 2.34. The molecule has 1 aromatic carbocycles. The summed E-state index contributed by atoms with van der Waals surface area (Å²) < 4.78 is 10.9. The maximum absolute atomic E-state index is 12.8. The van der Waals surface area contributed by atoms with Gasteiger partial charge >= 0.3 is 0 Å².